The maximum atomic E-state index is 13.4. The molecule has 152 valence electrons. The van der Waals surface area contributed by atoms with Crippen molar-refractivity contribution >= 4 is 27.3 Å². The molecule has 1 fully saturated rings. The van der Waals surface area contributed by atoms with Gasteiger partial charge in [-0.3, -0.25) is 9.59 Å². The molecule has 2 aromatic rings. The summed E-state index contributed by atoms with van der Waals surface area (Å²) in [4.78, 5) is 28.3. The number of carbonyl (C=O) groups excluding carboxylic acids is 2. The molecule has 2 aliphatic heterocycles. The second-order valence-corrected chi connectivity index (χ2v) is 9.84. The van der Waals surface area contributed by atoms with Gasteiger partial charge >= 0.3 is 0 Å². The fraction of sp³-hybridized carbons (Fsp3) is 0.364. The van der Waals surface area contributed by atoms with E-state index in [-0.39, 0.29) is 22.8 Å². The Bertz CT molecular complexity index is 1100. The SMILES string of the molecule is CCC[C@@H]1N(C(=O)c2cccc(S(C)(=O)=O)c2)CC[C@]12C(=O)Nc1ccccc12. The molecule has 0 aliphatic carbocycles. The van der Waals surface area contributed by atoms with Crippen LogP contribution in [0.1, 0.15) is 42.1 Å². The summed E-state index contributed by atoms with van der Waals surface area (Å²) in [6.07, 6.45) is 3.20. The molecule has 2 atom stereocenters. The average molecular weight is 413 g/mol. The molecule has 4 rings (SSSR count). The first-order valence-electron chi connectivity index (χ1n) is 9.81. The molecule has 1 spiro atoms. The van der Waals surface area contributed by atoms with E-state index >= 15 is 0 Å². The number of para-hydroxylation sites is 1. The first-order valence-corrected chi connectivity index (χ1v) is 11.7. The topological polar surface area (TPSA) is 83.6 Å². The van der Waals surface area contributed by atoms with Gasteiger partial charge in [-0.05, 0) is 42.7 Å². The van der Waals surface area contributed by atoms with Crippen LogP contribution in [0.3, 0.4) is 0 Å². The Labute approximate surface area is 170 Å². The summed E-state index contributed by atoms with van der Waals surface area (Å²) in [5.74, 6) is -0.291. The minimum absolute atomic E-state index is 0.0580. The molecule has 2 aliphatic rings. The van der Waals surface area contributed by atoms with Gasteiger partial charge in [-0.25, -0.2) is 8.42 Å². The van der Waals surface area contributed by atoms with E-state index in [1.165, 1.54) is 12.1 Å². The standard InChI is InChI=1S/C22H24N2O4S/c1-3-7-19-22(17-10-4-5-11-18(17)23-21(22)26)12-13-24(19)20(25)15-8-6-9-16(14-15)29(2,27)28/h4-6,8-11,14,19H,3,7,12-13H2,1-2H3,(H,23,26)/t19-,22+/m0/s1. The molecular weight excluding hydrogens is 388 g/mol. The fourth-order valence-corrected chi connectivity index (χ4v) is 5.41. The van der Waals surface area contributed by atoms with Crippen molar-refractivity contribution in [1.29, 1.82) is 0 Å². The Morgan fingerprint density at radius 2 is 1.97 bits per heavy atom. The molecule has 0 unspecified atom stereocenters. The van der Waals surface area contributed by atoms with Crippen molar-refractivity contribution in [2.75, 3.05) is 18.1 Å². The molecule has 0 bridgehead atoms. The zero-order valence-corrected chi connectivity index (χ0v) is 17.3. The summed E-state index contributed by atoms with van der Waals surface area (Å²) in [6.45, 7) is 2.49. The minimum atomic E-state index is -3.41. The number of carbonyl (C=O) groups is 2. The highest BCUT2D eigenvalue weighted by molar-refractivity contribution is 7.90. The second-order valence-electron chi connectivity index (χ2n) is 7.82. The van der Waals surface area contributed by atoms with E-state index in [1.54, 1.807) is 17.0 Å². The number of amides is 2. The molecule has 0 saturated carbocycles. The van der Waals surface area contributed by atoms with Gasteiger partial charge in [0.1, 0.15) is 0 Å². The van der Waals surface area contributed by atoms with Crippen LogP contribution < -0.4 is 5.32 Å². The molecule has 1 saturated heterocycles. The molecule has 0 aromatic heterocycles. The molecule has 1 N–H and O–H groups in total. The summed E-state index contributed by atoms with van der Waals surface area (Å²) in [5, 5.41) is 2.99. The summed E-state index contributed by atoms with van der Waals surface area (Å²) >= 11 is 0. The van der Waals surface area contributed by atoms with E-state index in [2.05, 4.69) is 5.32 Å². The number of hydrogen-bond donors (Lipinski definition) is 1. The highest BCUT2D eigenvalue weighted by Crippen LogP contribution is 2.49. The Kier molecular flexibility index (Phi) is 4.73. The van der Waals surface area contributed by atoms with E-state index in [0.29, 0.717) is 24.9 Å². The summed E-state index contributed by atoms with van der Waals surface area (Å²) in [7, 11) is -3.41. The molecule has 6 nitrogen and oxygen atoms in total. The van der Waals surface area contributed by atoms with Gasteiger partial charge in [-0.1, -0.05) is 37.6 Å². The third kappa shape index (κ3) is 3.04. The zero-order chi connectivity index (χ0) is 20.8. The Morgan fingerprint density at radius 1 is 1.21 bits per heavy atom. The van der Waals surface area contributed by atoms with Crippen LogP contribution >= 0.6 is 0 Å². The number of sulfone groups is 1. The van der Waals surface area contributed by atoms with Crippen molar-refractivity contribution in [3.05, 3.63) is 59.7 Å². The highest BCUT2D eigenvalue weighted by Gasteiger charge is 2.58. The van der Waals surface area contributed by atoms with Crippen LogP contribution in [0.4, 0.5) is 5.69 Å². The largest absolute Gasteiger partial charge is 0.334 e. The van der Waals surface area contributed by atoms with Gasteiger partial charge in [0.25, 0.3) is 5.91 Å². The van der Waals surface area contributed by atoms with Crippen molar-refractivity contribution in [2.24, 2.45) is 0 Å². The van der Waals surface area contributed by atoms with Gasteiger partial charge in [-0.15, -0.1) is 0 Å². The quantitative estimate of drug-likeness (QED) is 0.837. The molecule has 0 radical (unpaired) electrons. The lowest BCUT2D eigenvalue weighted by Gasteiger charge is -2.34. The number of anilines is 1. The predicted octanol–water partition coefficient (Wildman–Crippen LogP) is 2.99. The third-order valence-electron chi connectivity index (χ3n) is 6.09. The molecule has 7 heteroatoms. The van der Waals surface area contributed by atoms with E-state index < -0.39 is 15.3 Å². The summed E-state index contributed by atoms with van der Waals surface area (Å²) < 4.78 is 23.8. The van der Waals surface area contributed by atoms with Gasteiger partial charge in [0.05, 0.1) is 16.4 Å². The van der Waals surface area contributed by atoms with Crippen molar-refractivity contribution in [2.45, 2.75) is 42.5 Å². The molecule has 29 heavy (non-hydrogen) atoms. The zero-order valence-electron chi connectivity index (χ0n) is 16.5. The summed E-state index contributed by atoms with van der Waals surface area (Å²) in [6, 6.07) is 13.5. The van der Waals surface area contributed by atoms with Crippen LogP contribution in [0.15, 0.2) is 53.4 Å². The lowest BCUT2D eigenvalue weighted by Crippen LogP contribution is -2.48. The smallest absolute Gasteiger partial charge is 0.254 e. The maximum Gasteiger partial charge on any atom is 0.254 e. The molecule has 2 amide bonds. The third-order valence-corrected chi connectivity index (χ3v) is 7.20. The number of fused-ring (bicyclic) bond motifs is 2. The van der Waals surface area contributed by atoms with Gasteiger partial charge in [0, 0.05) is 24.1 Å². The van der Waals surface area contributed by atoms with Crippen molar-refractivity contribution in [3.63, 3.8) is 0 Å². The Hall–Kier alpha value is -2.67. The monoisotopic (exact) mass is 412 g/mol. The van der Waals surface area contributed by atoms with Crippen LogP contribution in [0.5, 0.6) is 0 Å². The Morgan fingerprint density at radius 3 is 2.69 bits per heavy atom. The van der Waals surface area contributed by atoms with Crippen molar-refractivity contribution in [3.8, 4) is 0 Å². The molecule has 2 heterocycles. The first-order chi connectivity index (χ1) is 13.8. The van der Waals surface area contributed by atoms with Crippen molar-refractivity contribution < 1.29 is 18.0 Å². The second kappa shape index (κ2) is 6.99. The first kappa shape index (κ1) is 19.6. The normalized spacial score (nSPS) is 23.3. The molecule has 2 aromatic carbocycles. The van der Waals surface area contributed by atoms with Crippen LogP contribution in [0, 0.1) is 0 Å². The number of nitrogens with zero attached hydrogens (tertiary/aromatic N) is 1. The number of hydrogen-bond acceptors (Lipinski definition) is 4. The number of rotatable bonds is 4. The number of likely N-dealkylation sites (tertiary alicyclic amines) is 1. The Balaban J connectivity index is 1.75. The minimum Gasteiger partial charge on any atom is -0.334 e. The van der Waals surface area contributed by atoms with E-state index in [4.69, 9.17) is 0 Å². The van der Waals surface area contributed by atoms with E-state index in [1.807, 2.05) is 31.2 Å². The molecular formula is C22H24N2O4S. The summed E-state index contributed by atoms with van der Waals surface area (Å²) in [5.41, 5.74) is 1.34. The van der Waals surface area contributed by atoms with Gasteiger partial charge < -0.3 is 10.2 Å². The fourth-order valence-electron chi connectivity index (χ4n) is 4.75. The predicted molar refractivity (Wildman–Crippen MR) is 111 cm³/mol. The van der Waals surface area contributed by atoms with Gasteiger partial charge in [0.2, 0.25) is 5.91 Å². The van der Waals surface area contributed by atoms with Gasteiger partial charge in [0.15, 0.2) is 9.84 Å². The highest BCUT2D eigenvalue weighted by atomic mass is 32.2. The van der Waals surface area contributed by atoms with Crippen molar-refractivity contribution in [1.82, 2.24) is 4.90 Å². The van der Waals surface area contributed by atoms with Gasteiger partial charge in [-0.2, -0.15) is 0 Å². The number of nitrogens with one attached hydrogen (secondary N) is 1. The van der Waals surface area contributed by atoms with Crippen LogP contribution in [-0.4, -0.2) is 44.0 Å². The number of benzene rings is 2. The lowest BCUT2D eigenvalue weighted by atomic mass is 9.73. The lowest BCUT2D eigenvalue weighted by molar-refractivity contribution is -0.121. The van der Waals surface area contributed by atoms with E-state index in [0.717, 1.165) is 23.9 Å². The van der Waals surface area contributed by atoms with Crippen LogP contribution in [0.2, 0.25) is 0 Å². The maximum absolute atomic E-state index is 13.4. The van der Waals surface area contributed by atoms with Crippen LogP contribution in [0.25, 0.3) is 0 Å². The van der Waals surface area contributed by atoms with E-state index in [9.17, 15) is 18.0 Å². The average Bonchev–Trinajstić information content (AvgIpc) is 3.21. The van der Waals surface area contributed by atoms with Crippen LogP contribution in [-0.2, 0) is 20.0 Å².